The van der Waals surface area contributed by atoms with Crippen LogP contribution < -0.4 is 15.5 Å². The first-order valence-electron chi connectivity index (χ1n) is 12.1. The molecule has 4 rings (SSSR count). The molecule has 3 amide bonds. The molecule has 37 heavy (non-hydrogen) atoms. The molecular formula is C22H33N9O5S. The minimum absolute atomic E-state index is 0.00672. The van der Waals surface area contributed by atoms with Crippen LogP contribution in [-0.4, -0.2) is 117 Å². The van der Waals surface area contributed by atoms with Crippen LogP contribution in [-0.2, 0) is 25.7 Å². The molecule has 0 aromatic carbocycles. The first-order chi connectivity index (χ1) is 17.4. The van der Waals surface area contributed by atoms with Gasteiger partial charge in [0.05, 0.1) is 18.0 Å². The summed E-state index contributed by atoms with van der Waals surface area (Å²) in [6, 6.07) is -1.19. The van der Waals surface area contributed by atoms with Gasteiger partial charge in [0.15, 0.2) is 0 Å². The number of anilines is 1. The Kier molecular flexibility index (Phi) is 7.46. The standard InChI is InChI=1S/C22H33N9O5S/c1-10-16-15(11(2)24-14(32)9-30-22(29(5)6)25-26-27-30)20(34)31(16)17(21(35)36)18(10)37-12-7-13(23-8-12)19(33)28(3)4/h10-13,15-16,23H,7-9H2,1-6H3,(H,24,32)(H,35,36)/t10-,11-,12+,13+,15-,16-/m1/s1. The SMILES string of the molecule is C[C@@H](NC(=O)Cn1nnnc1N(C)C)[C@H]1C(=O)N2C(C(=O)O)=C(S[C@@H]3CN[C@H](C(=O)N(C)C)C3)[C@H](C)[C@H]12. The Balaban J connectivity index is 1.43. The maximum absolute atomic E-state index is 13.1. The van der Waals surface area contributed by atoms with E-state index in [1.165, 1.54) is 26.2 Å². The number of carboxylic acid groups (broad SMARTS) is 1. The fourth-order valence-corrected chi connectivity index (χ4v) is 6.80. The number of aromatic nitrogens is 4. The monoisotopic (exact) mass is 535 g/mol. The maximum atomic E-state index is 13.1. The largest absolute Gasteiger partial charge is 0.477 e. The Morgan fingerprint density at radius 2 is 1.97 bits per heavy atom. The van der Waals surface area contributed by atoms with Crippen molar-refractivity contribution in [2.45, 2.75) is 50.2 Å². The van der Waals surface area contributed by atoms with Gasteiger partial charge in [0.25, 0.3) is 0 Å². The van der Waals surface area contributed by atoms with Crippen molar-refractivity contribution >= 4 is 41.4 Å². The van der Waals surface area contributed by atoms with Crippen LogP contribution in [0.2, 0.25) is 0 Å². The third-order valence-corrected chi connectivity index (χ3v) is 8.56. The number of hydrogen-bond donors (Lipinski definition) is 3. The Bertz CT molecular complexity index is 1140. The van der Waals surface area contributed by atoms with E-state index in [-0.39, 0.29) is 53.2 Å². The predicted molar refractivity (Wildman–Crippen MR) is 134 cm³/mol. The van der Waals surface area contributed by atoms with Gasteiger partial charge in [-0.15, -0.1) is 11.8 Å². The molecule has 0 radical (unpaired) electrons. The smallest absolute Gasteiger partial charge is 0.353 e. The van der Waals surface area contributed by atoms with E-state index in [4.69, 9.17) is 0 Å². The summed E-state index contributed by atoms with van der Waals surface area (Å²) < 4.78 is 1.36. The molecular weight excluding hydrogens is 502 g/mol. The van der Waals surface area contributed by atoms with Gasteiger partial charge in [-0.25, -0.2) is 9.48 Å². The molecule has 0 saturated carbocycles. The minimum Gasteiger partial charge on any atom is -0.477 e. The van der Waals surface area contributed by atoms with Crippen LogP contribution in [0.3, 0.4) is 0 Å². The van der Waals surface area contributed by atoms with Gasteiger partial charge in [-0.05, 0) is 23.8 Å². The second-order valence-electron chi connectivity index (χ2n) is 10.1. The van der Waals surface area contributed by atoms with Gasteiger partial charge in [0, 0.05) is 56.9 Å². The van der Waals surface area contributed by atoms with Gasteiger partial charge in [0.2, 0.25) is 23.7 Å². The van der Waals surface area contributed by atoms with Crippen molar-refractivity contribution in [1.82, 2.24) is 40.6 Å². The molecule has 1 aromatic rings. The fourth-order valence-electron chi connectivity index (χ4n) is 5.32. The topological polar surface area (TPSA) is 166 Å². The zero-order chi connectivity index (χ0) is 27.2. The Morgan fingerprint density at radius 3 is 2.59 bits per heavy atom. The Morgan fingerprint density at radius 1 is 1.27 bits per heavy atom. The van der Waals surface area contributed by atoms with Crippen molar-refractivity contribution in [3.05, 3.63) is 10.6 Å². The number of carbonyl (C=O) groups is 4. The molecule has 2 saturated heterocycles. The molecule has 6 atom stereocenters. The molecule has 3 N–H and O–H groups in total. The minimum atomic E-state index is -1.15. The maximum Gasteiger partial charge on any atom is 0.353 e. The van der Waals surface area contributed by atoms with Crippen molar-refractivity contribution < 1.29 is 24.3 Å². The number of aliphatic carboxylic acids is 1. The van der Waals surface area contributed by atoms with Crippen molar-refractivity contribution in [2.75, 3.05) is 39.6 Å². The average Bonchev–Trinajstić information content (AvgIpc) is 3.52. The Hall–Kier alpha value is -3.20. The van der Waals surface area contributed by atoms with Crippen molar-refractivity contribution in [3.63, 3.8) is 0 Å². The van der Waals surface area contributed by atoms with E-state index in [1.54, 1.807) is 40.0 Å². The number of tetrazole rings is 1. The summed E-state index contributed by atoms with van der Waals surface area (Å²) in [6.07, 6.45) is 0.575. The van der Waals surface area contributed by atoms with Gasteiger partial charge in [0.1, 0.15) is 12.2 Å². The highest BCUT2D eigenvalue weighted by molar-refractivity contribution is 8.03. The van der Waals surface area contributed by atoms with Crippen molar-refractivity contribution in [2.24, 2.45) is 11.8 Å². The number of amides is 3. The molecule has 0 bridgehead atoms. The van der Waals surface area contributed by atoms with Crippen LogP contribution in [0.1, 0.15) is 20.3 Å². The molecule has 15 heteroatoms. The summed E-state index contributed by atoms with van der Waals surface area (Å²) in [4.78, 5) is 55.6. The molecule has 0 aliphatic carbocycles. The quantitative estimate of drug-likeness (QED) is 0.317. The molecule has 0 spiro atoms. The van der Waals surface area contributed by atoms with Crippen molar-refractivity contribution in [1.29, 1.82) is 0 Å². The third-order valence-electron chi connectivity index (χ3n) is 7.05. The highest BCUT2D eigenvalue weighted by Gasteiger charge is 2.60. The van der Waals surface area contributed by atoms with Crippen LogP contribution >= 0.6 is 11.8 Å². The predicted octanol–water partition coefficient (Wildman–Crippen LogP) is -1.43. The third kappa shape index (κ3) is 4.89. The average molecular weight is 536 g/mol. The number of likely N-dealkylation sites (N-methyl/N-ethyl adjacent to an activating group) is 1. The lowest BCUT2D eigenvalue weighted by molar-refractivity contribution is -0.158. The lowest BCUT2D eigenvalue weighted by atomic mass is 9.78. The van der Waals surface area contributed by atoms with E-state index in [1.807, 2.05) is 6.92 Å². The van der Waals surface area contributed by atoms with Crippen LogP contribution in [0.25, 0.3) is 0 Å². The number of carbonyl (C=O) groups excluding carboxylic acids is 3. The van der Waals surface area contributed by atoms with Gasteiger partial charge >= 0.3 is 5.97 Å². The summed E-state index contributed by atoms with van der Waals surface area (Å²) in [5.74, 6) is -2.19. The Labute approximate surface area is 218 Å². The number of nitrogens with zero attached hydrogens (tertiary/aromatic N) is 7. The number of fused-ring (bicyclic) bond motifs is 1. The van der Waals surface area contributed by atoms with E-state index in [0.717, 1.165) is 0 Å². The summed E-state index contributed by atoms with van der Waals surface area (Å²) in [5, 5.41) is 27.4. The highest BCUT2D eigenvalue weighted by atomic mass is 32.2. The number of nitrogens with one attached hydrogen (secondary N) is 2. The molecule has 1 aromatic heterocycles. The molecule has 3 aliphatic rings. The van der Waals surface area contributed by atoms with Crippen molar-refractivity contribution in [3.8, 4) is 0 Å². The molecule has 4 heterocycles. The second kappa shape index (κ2) is 10.3. The van der Waals surface area contributed by atoms with E-state index in [9.17, 15) is 24.3 Å². The second-order valence-corrected chi connectivity index (χ2v) is 11.4. The zero-order valence-corrected chi connectivity index (χ0v) is 22.5. The summed E-state index contributed by atoms with van der Waals surface area (Å²) in [5.41, 5.74) is 0.00831. The lowest BCUT2D eigenvalue weighted by Crippen LogP contribution is -2.66. The number of carboxylic acids is 1. The van der Waals surface area contributed by atoms with Gasteiger partial charge < -0.3 is 30.4 Å². The number of hydrogen-bond acceptors (Lipinski definition) is 10. The first-order valence-corrected chi connectivity index (χ1v) is 12.9. The lowest BCUT2D eigenvalue weighted by Gasteiger charge is -2.47. The highest BCUT2D eigenvalue weighted by Crippen LogP contribution is 2.51. The van der Waals surface area contributed by atoms with Crippen LogP contribution in [0.15, 0.2) is 10.6 Å². The molecule has 0 unspecified atom stereocenters. The summed E-state index contributed by atoms with van der Waals surface area (Å²) in [6.45, 7) is 4.12. The van der Waals surface area contributed by atoms with Crippen LogP contribution in [0.4, 0.5) is 5.95 Å². The van der Waals surface area contributed by atoms with Gasteiger partial charge in [-0.1, -0.05) is 12.0 Å². The van der Waals surface area contributed by atoms with E-state index in [0.29, 0.717) is 23.8 Å². The molecule has 202 valence electrons. The number of β-lactam (4-membered cyclic amide) rings is 1. The van der Waals surface area contributed by atoms with Crippen LogP contribution in [0.5, 0.6) is 0 Å². The zero-order valence-electron chi connectivity index (χ0n) is 21.7. The fraction of sp³-hybridized carbons (Fsp3) is 0.682. The molecule has 3 aliphatic heterocycles. The van der Waals surface area contributed by atoms with Gasteiger partial charge in [-0.3, -0.25) is 14.4 Å². The number of rotatable bonds is 9. The van der Waals surface area contributed by atoms with E-state index >= 15 is 0 Å². The number of thioether (sulfide) groups is 1. The van der Waals surface area contributed by atoms with E-state index in [2.05, 4.69) is 26.2 Å². The van der Waals surface area contributed by atoms with E-state index < -0.39 is 17.9 Å². The molecule has 14 nitrogen and oxygen atoms in total. The van der Waals surface area contributed by atoms with Crippen LogP contribution in [0, 0.1) is 11.8 Å². The summed E-state index contributed by atoms with van der Waals surface area (Å²) >= 11 is 1.43. The molecule has 2 fully saturated rings. The normalized spacial score (nSPS) is 27.6. The first kappa shape index (κ1) is 26.9. The summed E-state index contributed by atoms with van der Waals surface area (Å²) in [7, 11) is 6.93. The van der Waals surface area contributed by atoms with Gasteiger partial charge in [-0.2, -0.15) is 0 Å².